The van der Waals surface area contributed by atoms with E-state index in [2.05, 4.69) is 5.10 Å². The molecule has 2 rings (SSSR count). The van der Waals surface area contributed by atoms with Crippen molar-refractivity contribution in [2.45, 2.75) is 19.4 Å². The van der Waals surface area contributed by atoms with Crippen LogP contribution in [-0.4, -0.2) is 9.78 Å². The van der Waals surface area contributed by atoms with Crippen LogP contribution in [0.2, 0.25) is 0 Å². The van der Waals surface area contributed by atoms with Crippen LogP contribution >= 0.6 is 0 Å². The van der Waals surface area contributed by atoms with E-state index in [4.69, 9.17) is 5.73 Å². The van der Waals surface area contributed by atoms with Gasteiger partial charge in [0.2, 0.25) is 0 Å². The fourth-order valence-electron chi connectivity index (χ4n) is 1.82. The fourth-order valence-corrected chi connectivity index (χ4v) is 1.82. The predicted octanol–water partition coefficient (Wildman–Crippen LogP) is 2.25. The highest BCUT2D eigenvalue weighted by molar-refractivity contribution is 5.23. The number of hydrogen-bond acceptors (Lipinski definition) is 2. The number of nitrogens with zero attached hydrogens (tertiary/aromatic N) is 2. The van der Waals surface area contributed by atoms with Crippen LogP contribution in [0.15, 0.2) is 24.3 Å². The predicted molar refractivity (Wildman–Crippen MR) is 64.9 cm³/mol. The maximum atomic E-state index is 13.5. The van der Waals surface area contributed by atoms with Gasteiger partial charge in [-0.15, -0.1) is 0 Å². The highest BCUT2D eigenvalue weighted by Crippen LogP contribution is 2.20. The van der Waals surface area contributed by atoms with Crippen LogP contribution in [0.3, 0.4) is 0 Å². The Hall–Kier alpha value is -1.75. The molecule has 0 aliphatic heterocycles. The van der Waals surface area contributed by atoms with Crippen molar-refractivity contribution in [3.8, 4) is 0 Å². The monoisotopic (exact) mass is 251 g/mol. The molecule has 0 saturated heterocycles. The Labute approximate surface area is 104 Å². The molecule has 0 bridgehead atoms. The average molecular weight is 251 g/mol. The van der Waals surface area contributed by atoms with Gasteiger partial charge in [0.15, 0.2) is 0 Å². The molecule has 96 valence electrons. The van der Waals surface area contributed by atoms with Crippen molar-refractivity contribution in [1.82, 2.24) is 9.78 Å². The summed E-state index contributed by atoms with van der Waals surface area (Å²) >= 11 is 0. The molecule has 1 aromatic carbocycles. The first-order chi connectivity index (χ1) is 8.49. The van der Waals surface area contributed by atoms with Crippen LogP contribution in [0.25, 0.3) is 0 Å². The Kier molecular flexibility index (Phi) is 3.43. The third-order valence-electron chi connectivity index (χ3n) is 3.00. The largest absolute Gasteiger partial charge is 0.322 e. The van der Waals surface area contributed by atoms with E-state index in [0.717, 1.165) is 5.69 Å². The molecule has 1 heterocycles. The first-order valence-electron chi connectivity index (χ1n) is 5.68. The first-order valence-corrected chi connectivity index (χ1v) is 5.68. The van der Waals surface area contributed by atoms with Crippen molar-refractivity contribution in [2.75, 3.05) is 0 Å². The zero-order valence-electron chi connectivity index (χ0n) is 10.3. The lowest BCUT2D eigenvalue weighted by Gasteiger charge is -2.10. The molecule has 18 heavy (non-hydrogen) atoms. The van der Waals surface area contributed by atoms with Crippen LogP contribution in [0.4, 0.5) is 8.78 Å². The average Bonchev–Trinajstić information content (AvgIpc) is 2.64. The van der Waals surface area contributed by atoms with E-state index < -0.39 is 17.7 Å². The number of hydrogen-bond donors (Lipinski definition) is 1. The van der Waals surface area contributed by atoms with Gasteiger partial charge in [-0.25, -0.2) is 8.78 Å². The van der Waals surface area contributed by atoms with Crippen molar-refractivity contribution < 1.29 is 8.78 Å². The Morgan fingerprint density at radius 2 is 1.94 bits per heavy atom. The lowest BCUT2D eigenvalue weighted by atomic mass is 10.0. The Bertz CT molecular complexity index is 524. The second kappa shape index (κ2) is 4.86. The van der Waals surface area contributed by atoms with E-state index >= 15 is 0 Å². The lowest BCUT2D eigenvalue weighted by molar-refractivity contribution is 0.535. The molecule has 0 fully saturated rings. The standard InChI is InChI=1S/C13H15F2N3/c1-8-6-13(17-18(8)2)12(16)7-9-10(14)4-3-5-11(9)15/h3-6,12H,7,16H2,1-2H3. The maximum absolute atomic E-state index is 13.5. The lowest BCUT2D eigenvalue weighted by Crippen LogP contribution is -2.16. The molecular formula is C13H15F2N3. The topological polar surface area (TPSA) is 43.8 Å². The zero-order chi connectivity index (χ0) is 13.3. The van der Waals surface area contributed by atoms with Gasteiger partial charge in [0.05, 0.1) is 11.7 Å². The second-order valence-electron chi connectivity index (χ2n) is 4.35. The summed E-state index contributed by atoms with van der Waals surface area (Å²) in [5, 5.41) is 4.21. The van der Waals surface area contributed by atoms with Gasteiger partial charge in [-0.05, 0) is 31.5 Å². The third kappa shape index (κ3) is 2.41. The van der Waals surface area contributed by atoms with Gasteiger partial charge in [0.25, 0.3) is 0 Å². The van der Waals surface area contributed by atoms with Crippen LogP contribution in [0.5, 0.6) is 0 Å². The summed E-state index contributed by atoms with van der Waals surface area (Å²) in [5.41, 5.74) is 7.54. The van der Waals surface area contributed by atoms with Crippen LogP contribution in [-0.2, 0) is 13.5 Å². The van der Waals surface area contributed by atoms with Crippen LogP contribution < -0.4 is 5.73 Å². The number of benzene rings is 1. The Morgan fingerprint density at radius 3 is 2.44 bits per heavy atom. The summed E-state index contributed by atoms with van der Waals surface area (Å²) in [4.78, 5) is 0. The van der Waals surface area contributed by atoms with E-state index in [-0.39, 0.29) is 12.0 Å². The number of aryl methyl sites for hydroxylation is 2. The summed E-state index contributed by atoms with van der Waals surface area (Å²) in [6, 6.07) is 5.11. The normalized spacial score (nSPS) is 12.7. The zero-order valence-corrected chi connectivity index (χ0v) is 10.3. The molecule has 1 atom stereocenters. The van der Waals surface area contributed by atoms with Gasteiger partial charge < -0.3 is 5.73 Å². The summed E-state index contributed by atoms with van der Waals surface area (Å²) in [6.45, 7) is 1.90. The van der Waals surface area contributed by atoms with Crippen molar-refractivity contribution in [3.05, 3.63) is 52.9 Å². The number of halogens is 2. The molecule has 1 aromatic heterocycles. The molecule has 0 saturated carbocycles. The van der Waals surface area contributed by atoms with Gasteiger partial charge >= 0.3 is 0 Å². The molecular weight excluding hydrogens is 236 g/mol. The van der Waals surface area contributed by atoms with Crippen LogP contribution in [0, 0.1) is 18.6 Å². The van der Waals surface area contributed by atoms with Crippen molar-refractivity contribution in [3.63, 3.8) is 0 Å². The maximum Gasteiger partial charge on any atom is 0.129 e. The quantitative estimate of drug-likeness (QED) is 0.909. The number of nitrogens with two attached hydrogens (primary N) is 1. The summed E-state index contributed by atoms with van der Waals surface area (Å²) in [7, 11) is 1.80. The van der Waals surface area contributed by atoms with E-state index in [9.17, 15) is 8.78 Å². The van der Waals surface area contributed by atoms with E-state index in [1.165, 1.54) is 18.2 Å². The van der Waals surface area contributed by atoms with Crippen LogP contribution in [0.1, 0.15) is 23.0 Å². The van der Waals surface area contributed by atoms with Crippen molar-refractivity contribution in [2.24, 2.45) is 12.8 Å². The summed E-state index contributed by atoms with van der Waals surface area (Å²) in [5.74, 6) is -1.14. The molecule has 0 amide bonds. The van der Waals surface area contributed by atoms with E-state index in [0.29, 0.717) is 5.69 Å². The van der Waals surface area contributed by atoms with Gasteiger partial charge in [0.1, 0.15) is 11.6 Å². The molecule has 0 aliphatic rings. The van der Waals surface area contributed by atoms with Crippen molar-refractivity contribution >= 4 is 0 Å². The molecule has 0 spiro atoms. The van der Waals surface area contributed by atoms with Crippen molar-refractivity contribution in [1.29, 1.82) is 0 Å². The van der Waals surface area contributed by atoms with Gasteiger partial charge in [-0.2, -0.15) is 5.10 Å². The molecule has 1 unspecified atom stereocenters. The van der Waals surface area contributed by atoms with Gasteiger partial charge in [-0.1, -0.05) is 6.07 Å². The van der Waals surface area contributed by atoms with E-state index in [1.54, 1.807) is 11.7 Å². The number of aromatic nitrogens is 2. The summed E-state index contributed by atoms with van der Waals surface area (Å²) in [6.07, 6.45) is 0.0922. The smallest absolute Gasteiger partial charge is 0.129 e. The van der Waals surface area contributed by atoms with Gasteiger partial charge in [0, 0.05) is 18.3 Å². The molecule has 2 N–H and O–H groups in total. The number of rotatable bonds is 3. The molecule has 5 heteroatoms. The van der Waals surface area contributed by atoms with Gasteiger partial charge in [-0.3, -0.25) is 4.68 Å². The molecule has 2 aromatic rings. The minimum atomic E-state index is -0.571. The Morgan fingerprint density at radius 1 is 1.33 bits per heavy atom. The SMILES string of the molecule is Cc1cc(C(N)Cc2c(F)cccc2F)nn1C. The highest BCUT2D eigenvalue weighted by Gasteiger charge is 2.16. The summed E-state index contributed by atoms with van der Waals surface area (Å²) < 4.78 is 28.7. The van der Waals surface area contributed by atoms with E-state index in [1.807, 2.05) is 13.0 Å². The first kappa shape index (κ1) is 12.7. The fraction of sp³-hybridized carbons (Fsp3) is 0.308. The highest BCUT2D eigenvalue weighted by atomic mass is 19.1. The minimum Gasteiger partial charge on any atom is -0.322 e. The third-order valence-corrected chi connectivity index (χ3v) is 3.00. The minimum absolute atomic E-state index is 0.00769. The second-order valence-corrected chi connectivity index (χ2v) is 4.35. The molecule has 0 aliphatic carbocycles. The molecule has 0 radical (unpaired) electrons. The molecule has 3 nitrogen and oxygen atoms in total. The Balaban J connectivity index is 2.23.